The number of hydrogen-bond donors (Lipinski definition) is 2. The van der Waals surface area contributed by atoms with E-state index in [1.165, 1.54) is 12.5 Å². The molecule has 0 aromatic heterocycles. The highest BCUT2D eigenvalue weighted by atomic mass is 16.2. The third kappa shape index (κ3) is 5.23. The van der Waals surface area contributed by atoms with Crippen LogP contribution in [0.1, 0.15) is 50.3 Å². The van der Waals surface area contributed by atoms with Crippen LogP contribution in [0.5, 0.6) is 0 Å². The van der Waals surface area contributed by atoms with Crippen molar-refractivity contribution in [1.29, 1.82) is 0 Å². The minimum Gasteiger partial charge on any atom is -0.349 e. The van der Waals surface area contributed by atoms with Crippen LogP contribution in [0.15, 0.2) is 54.6 Å². The molecule has 126 valence electrons. The molecule has 2 amide bonds. The van der Waals surface area contributed by atoms with Crippen molar-refractivity contribution in [1.82, 2.24) is 5.32 Å². The van der Waals surface area contributed by atoms with E-state index < -0.39 is 0 Å². The van der Waals surface area contributed by atoms with Crippen molar-refractivity contribution < 1.29 is 9.59 Å². The quantitative estimate of drug-likeness (QED) is 0.843. The maximum atomic E-state index is 12.4. The fourth-order valence-electron chi connectivity index (χ4n) is 2.56. The van der Waals surface area contributed by atoms with Crippen molar-refractivity contribution in [3.8, 4) is 0 Å². The summed E-state index contributed by atoms with van der Waals surface area (Å²) in [5, 5.41) is 5.76. The van der Waals surface area contributed by atoms with E-state index in [-0.39, 0.29) is 24.3 Å². The van der Waals surface area contributed by atoms with Crippen LogP contribution < -0.4 is 10.6 Å². The summed E-state index contributed by atoms with van der Waals surface area (Å²) in [5.41, 5.74) is 2.87. The molecule has 0 saturated heterocycles. The van der Waals surface area contributed by atoms with Crippen molar-refractivity contribution in [2.75, 3.05) is 5.32 Å². The van der Waals surface area contributed by atoms with Gasteiger partial charge in [-0.1, -0.05) is 56.3 Å². The standard InChI is InChI=1S/C20H24N2O2/c1-14(2)17-10-7-11-18(12-17)22-20(24)13-19(21-15(3)23)16-8-5-4-6-9-16/h4-12,14,19H,13H2,1-3H3,(H,21,23)(H,22,24)/t19-/m0/s1. The predicted molar refractivity (Wildman–Crippen MR) is 96.8 cm³/mol. The number of anilines is 1. The fourth-order valence-corrected chi connectivity index (χ4v) is 2.56. The van der Waals surface area contributed by atoms with Crippen molar-refractivity contribution in [2.24, 2.45) is 0 Å². The molecule has 0 radical (unpaired) electrons. The van der Waals surface area contributed by atoms with E-state index in [1.54, 1.807) is 0 Å². The van der Waals surface area contributed by atoms with Gasteiger partial charge in [0.05, 0.1) is 12.5 Å². The minimum atomic E-state index is -0.336. The summed E-state index contributed by atoms with van der Waals surface area (Å²) in [6, 6.07) is 17.0. The van der Waals surface area contributed by atoms with Gasteiger partial charge in [-0.15, -0.1) is 0 Å². The first-order valence-electron chi connectivity index (χ1n) is 8.17. The number of hydrogen-bond acceptors (Lipinski definition) is 2. The topological polar surface area (TPSA) is 58.2 Å². The Balaban J connectivity index is 2.08. The van der Waals surface area contributed by atoms with Crippen LogP contribution in [0, 0.1) is 0 Å². The van der Waals surface area contributed by atoms with Crippen LogP contribution >= 0.6 is 0 Å². The Morgan fingerprint density at radius 2 is 1.62 bits per heavy atom. The second-order valence-corrected chi connectivity index (χ2v) is 6.20. The van der Waals surface area contributed by atoms with E-state index in [0.717, 1.165) is 11.3 Å². The molecule has 0 spiro atoms. The predicted octanol–water partition coefficient (Wildman–Crippen LogP) is 4.02. The van der Waals surface area contributed by atoms with Crippen molar-refractivity contribution in [3.05, 3.63) is 65.7 Å². The number of carbonyl (C=O) groups excluding carboxylic acids is 2. The third-order valence-corrected chi connectivity index (χ3v) is 3.81. The van der Waals surface area contributed by atoms with Gasteiger partial charge in [0.25, 0.3) is 0 Å². The van der Waals surface area contributed by atoms with Crippen molar-refractivity contribution in [2.45, 2.75) is 39.2 Å². The summed E-state index contributed by atoms with van der Waals surface area (Å²) < 4.78 is 0. The molecule has 2 aromatic rings. The maximum absolute atomic E-state index is 12.4. The number of nitrogens with one attached hydrogen (secondary N) is 2. The SMILES string of the molecule is CC(=O)N[C@@H](CC(=O)Nc1cccc(C(C)C)c1)c1ccccc1. The summed E-state index contributed by atoms with van der Waals surface area (Å²) in [7, 11) is 0. The van der Waals surface area contributed by atoms with E-state index in [2.05, 4.69) is 24.5 Å². The van der Waals surface area contributed by atoms with Crippen LogP contribution in [0.2, 0.25) is 0 Å². The average Bonchev–Trinajstić information content (AvgIpc) is 2.55. The van der Waals surface area contributed by atoms with Crippen LogP contribution in [-0.4, -0.2) is 11.8 Å². The molecule has 0 heterocycles. The Morgan fingerprint density at radius 3 is 2.25 bits per heavy atom. The Bertz CT molecular complexity index is 696. The highest BCUT2D eigenvalue weighted by molar-refractivity contribution is 5.91. The van der Waals surface area contributed by atoms with Crippen LogP contribution in [0.25, 0.3) is 0 Å². The second-order valence-electron chi connectivity index (χ2n) is 6.20. The molecule has 0 fully saturated rings. The van der Waals surface area contributed by atoms with Gasteiger partial charge in [-0.05, 0) is 29.2 Å². The molecule has 1 atom stereocenters. The molecular formula is C20H24N2O2. The summed E-state index contributed by atoms with van der Waals surface area (Å²) in [4.78, 5) is 23.8. The summed E-state index contributed by atoms with van der Waals surface area (Å²) in [6.07, 6.45) is 0.190. The van der Waals surface area contributed by atoms with E-state index in [9.17, 15) is 9.59 Å². The second kappa shape index (κ2) is 8.29. The van der Waals surface area contributed by atoms with Gasteiger partial charge in [-0.3, -0.25) is 9.59 Å². The number of rotatable bonds is 6. The molecule has 0 bridgehead atoms. The number of carbonyl (C=O) groups is 2. The molecule has 0 aliphatic rings. The molecule has 0 saturated carbocycles. The zero-order chi connectivity index (χ0) is 17.5. The molecule has 2 aromatic carbocycles. The lowest BCUT2D eigenvalue weighted by Crippen LogP contribution is -2.29. The van der Waals surface area contributed by atoms with Gasteiger partial charge in [-0.25, -0.2) is 0 Å². The zero-order valence-electron chi connectivity index (χ0n) is 14.4. The van der Waals surface area contributed by atoms with Crippen LogP contribution in [0.3, 0.4) is 0 Å². The molecule has 2 N–H and O–H groups in total. The maximum Gasteiger partial charge on any atom is 0.226 e. The largest absolute Gasteiger partial charge is 0.349 e. The molecule has 4 nitrogen and oxygen atoms in total. The van der Waals surface area contributed by atoms with Gasteiger partial charge in [0.1, 0.15) is 0 Å². The van der Waals surface area contributed by atoms with Gasteiger partial charge in [0, 0.05) is 12.6 Å². The van der Waals surface area contributed by atoms with E-state index in [1.807, 2.05) is 54.6 Å². The Kier molecular flexibility index (Phi) is 6.13. The Labute approximate surface area is 143 Å². The lowest BCUT2D eigenvalue weighted by atomic mass is 10.0. The number of benzene rings is 2. The molecule has 0 aliphatic heterocycles. The lowest BCUT2D eigenvalue weighted by molar-refractivity contribution is -0.120. The van der Waals surface area contributed by atoms with Crippen LogP contribution in [0.4, 0.5) is 5.69 Å². The fraction of sp³-hybridized carbons (Fsp3) is 0.300. The highest BCUT2D eigenvalue weighted by Crippen LogP contribution is 2.21. The van der Waals surface area contributed by atoms with Gasteiger partial charge < -0.3 is 10.6 Å². The molecule has 2 rings (SSSR count). The van der Waals surface area contributed by atoms with Gasteiger partial charge >= 0.3 is 0 Å². The van der Waals surface area contributed by atoms with Crippen molar-refractivity contribution in [3.63, 3.8) is 0 Å². The molecule has 24 heavy (non-hydrogen) atoms. The molecule has 4 heteroatoms. The number of amides is 2. The first-order valence-corrected chi connectivity index (χ1v) is 8.17. The normalized spacial score (nSPS) is 11.8. The highest BCUT2D eigenvalue weighted by Gasteiger charge is 2.17. The molecule has 0 unspecified atom stereocenters. The lowest BCUT2D eigenvalue weighted by Gasteiger charge is -2.18. The summed E-state index contributed by atoms with van der Waals surface area (Å²) in [6.45, 7) is 5.69. The summed E-state index contributed by atoms with van der Waals surface area (Å²) in [5.74, 6) is 0.121. The third-order valence-electron chi connectivity index (χ3n) is 3.81. The van der Waals surface area contributed by atoms with Crippen molar-refractivity contribution >= 4 is 17.5 Å². The first-order chi connectivity index (χ1) is 11.5. The first kappa shape index (κ1) is 17.7. The Hall–Kier alpha value is -2.62. The van der Waals surface area contributed by atoms with Crippen LogP contribution in [-0.2, 0) is 9.59 Å². The van der Waals surface area contributed by atoms with Gasteiger partial charge in [0.15, 0.2) is 0 Å². The van der Waals surface area contributed by atoms with E-state index in [4.69, 9.17) is 0 Å². The van der Waals surface area contributed by atoms with Gasteiger partial charge in [0.2, 0.25) is 11.8 Å². The monoisotopic (exact) mass is 324 g/mol. The smallest absolute Gasteiger partial charge is 0.226 e. The van der Waals surface area contributed by atoms with E-state index in [0.29, 0.717) is 5.92 Å². The average molecular weight is 324 g/mol. The van der Waals surface area contributed by atoms with Gasteiger partial charge in [-0.2, -0.15) is 0 Å². The minimum absolute atomic E-state index is 0.126. The summed E-state index contributed by atoms with van der Waals surface area (Å²) >= 11 is 0. The Morgan fingerprint density at radius 1 is 0.958 bits per heavy atom. The molecular weight excluding hydrogens is 300 g/mol. The zero-order valence-corrected chi connectivity index (χ0v) is 14.4. The molecule has 0 aliphatic carbocycles. The van der Waals surface area contributed by atoms with E-state index >= 15 is 0 Å².